The maximum Gasteiger partial charge on any atom is 0.264 e. The third-order valence-electron chi connectivity index (χ3n) is 1.81. The summed E-state index contributed by atoms with van der Waals surface area (Å²) in [7, 11) is 0. The number of benzene rings is 1. The highest BCUT2D eigenvalue weighted by molar-refractivity contribution is 9.10. The van der Waals surface area contributed by atoms with Crippen LogP contribution in [0.15, 0.2) is 27.2 Å². The molecule has 16 heavy (non-hydrogen) atoms. The lowest BCUT2D eigenvalue weighted by atomic mass is 10.3. The first-order valence-corrected chi connectivity index (χ1v) is 5.31. The molecule has 1 aromatic carbocycles. The van der Waals surface area contributed by atoms with E-state index >= 15 is 0 Å². The van der Waals surface area contributed by atoms with Gasteiger partial charge < -0.3 is 9.26 Å². The molecule has 0 amide bonds. The Balaban J connectivity index is 2.07. The molecule has 0 fully saturated rings. The SMILES string of the molecule is Cc1noc(COc2cc(Br)ccc2F)n1. The van der Waals surface area contributed by atoms with Crippen LogP contribution in [0, 0.1) is 12.7 Å². The van der Waals surface area contributed by atoms with E-state index in [-0.39, 0.29) is 12.4 Å². The minimum absolute atomic E-state index is 0.0498. The summed E-state index contributed by atoms with van der Waals surface area (Å²) in [4.78, 5) is 3.94. The minimum Gasteiger partial charge on any atom is -0.481 e. The first kappa shape index (κ1) is 11.1. The molecule has 1 aromatic heterocycles. The summed E-state index contributed by atoms with van der Waals surface area (Å²) in [6.45, 7) is 1.75. The Morgan fingerprint density at radius 3 is 3.00 bits per heavy atom. The number of aromatic nitrogens is 2. The molecule has 0 bridgehead atoms. The quantitative estimate of drug-likeness (QED) is 0.871. The van der Waals surface area contributed by atoms with Gasteiger partial charge in [-0.05, 0) is 25.1 Å². The molecule has 4 nitrogen and oxygen atoms in total. The van der Waals surface area contributed by atoms with E-state index in [4.69, 9.17) is 9.26 Å². The standard InChI is InChI=1S/C10H8BrFN2O2/c1-6-13-10(16-14-6)5-15-9-4-7(11)2-3-8(9)12/h2-4H,5H2,1H3. The van der Waals surface area contributed by atoms with Crippen LogP contribution >= 0.6 is 15.9 Å². The van der Waals surface area contributed by atoms with Crippen LogP contribution in [0.3, 0.4) is 0 Å². The molecule has 0 saturated carbocycles. The second kappa shape index (κ2) is 4.61. The fourth-order valence-electron chi connectivity index (χ4n) is 1.13. The number of halogens is 2. The highest BCUT2D eigenvalue weighted by Gasteiger charge is 2.07. The van der Waals surface area contributed by atoms with Gasteiger partial charge in [-0.15, -0.1) is 0 Å². The molecule has 0 unspecified atom stereocenters. The molecule has 0 aliphatic carbocycles. The highest BCUT2D eigenvalue weighted by Crippen LogP contribution is 2.22. The first-order valence-electron chi connectivity index (χ1n) is 4.52. The van der Waals surface area contributed by atoms with Crippen molar-refractivity contribution in [3.05, 3.63) is 40.2 Å². The van der Waals surface area contributed by atoms with Gasteiger partial charge in [0.15, 0.2) is 24.0 Å². The highest BCUT2D eigenvalue weighted by atomic mass is 79.9. The lowest BCUT2D eigenvalue weighted by Gasteiger charge is -2.04. The molecule has 0 atom stereocenters. The number of hydrogen-bond acceptors (Lipinski definition) is 4. The van der Waals surface area contributed by atoms with Gasteiger partial charge in [-0.2, -0.15) is 4.98 Å². The van der Waals surface area contributed by atoms with Crippen molar-refractivity contribution in [2.24, 2.45) is 0 Å². The summed E-state index contributed by atoms with van der Waals surface area (Å²) >= 11 is 3.23. The third-order valence-corrected chi connectivity index (χ3v) is 2.31. The first-order chi connectivity index (χ1) is 7.65. The molecule has 6 heteroatoms. The van der Waals surface area contributed by atoms with Crippen LogP contribution in [0.5, 0.6) is 5.75 Å². The summed E-state index contributed by atoms with van der Waals surface area (Å²) in [6.07, 6.45) is 0. The Kier molecular flexibility index (Phi) is 3.19. The van der Waals surface area contributed by atoms with Crippen molar-refractivity contribution in [1.29, 1.82) is 0 Å². The molecule has 1 heterocycles. The largest absolute Gasteiger partial charge is 0.481 e. The van der Waals surface area contributed by atoms with E-state index in [1.54, 1.807) is 19.1 Å². The van der Waals surface area contributed by atoms with E-state index < -0.39 is 5.82 Å². The zero-order chi connectivity index (χ0) is 11.5. The molecular weight excluding hydrogens is 279 g/mol. The number of rotatable bonds is 3. The molecule has 84 valence electrons. The van der Waals surface area contributed by atoms with Crippen molar-refractivity contribution in [1.82, 2.24) is 10.1 Å². The maximum absolute atomic E-state index is 13.3. The van der Waals surface area contributed by atoms with Crippen LogP contribution in [-0.2, 0) is 6.61 Å². The van der Waals surface area contributed by atoms with Gasteiger partial charge in [-0.3, -0.25) is 0 Å². The number of nitrogens with zero attached hydrogens (tertiary/aromatic N) is 2. The predicted molar refractivity (Wildman–Crippen MR) is 57.5 cm³/mol. The Morgan fingerprint density at radius 2 is 2.31 bits per heavy atom. The van der Waals surface area contributed by atoms with Crippen molar-refractivity contribution < 1.29 is 13.7 Å². The smallest absolute Gasteiger partial charge is 0.264 e. The summed E-state index contributed by atoms with van der Waals surface area (Å²) in [5.41, 5.74) is 0. The van der Waals surface area contributed by atoms with Gasteiger partial charge in [-0.25, -0.2) is 4.39 Å². The predicted octanol–water partition coefficient (Wildman–Crippen LogP) is 2.86. The topological polar surface area (TPSA) is 48.2 Å². The Bertz CT molecular complexity index is 501. The molecule has 0 spiro atoms. The van der Waals surface area contributed by atoms with Gasteiger partial charge in [-0.1, -0.05) is 21.1 Å². The third kappa shape index (κ3) is 2.57. The molecule has 0 N–H and O–H groups in total. The van der Waals surface area contributed by atoms with Crippen molar-refractivity contribution in [3.63, 3.8) is 0 Å². The lowest BCUT2D eigenvalue weighted by molar-refractivity contribution is 0.234. The van der Waals surface area contributed by atoms with E-state index in [2.05, 4.69) is 26.1 Å². The maximum atomic E-state index is 13.3. The lowest BCUT2D eigenvalue weighted by Crippen LogP contribution is -1.97. The van der Waals surface area contributed by atoms with E-state index in [0.717, 1.165) is 4.47 Å². The molecule has 0 aliphatic heterocycles. The van der Waals surface area contributed by atoms with E-state index in [1.165, 1.54) is 6.07 Å². The summed E-state index contributed by atoms with van der Waals surface area (Å²) in [5, 5.41) is 3.60. The van der Waals surface area contributed by atoms with Crippen LogP contribution in [0.4, 0.5) is 4.39 Å². The molecule has 0 radical (unpaired) electrons. The molecule has 0 saturated heterocycles. The minimum atomic E-state index is -0.431. The fraction of sp³-hybridized carbons (Fsp3) is 0.200. The Hall–Kier alpha value is -1.43. The summed E-state index contributed by atoms with van der Waals surface area (Å²) < 4.78 is 24.1. The van der Waals surface area contributed by atoms with Crippen molar-refractivity contribution in [2.75, 3.05) is 0 Å². The molecule has 0 aliphatic rings. The monoisotopic (exact) mass is 286 g/mol. The normalized spacial score (nSPS) is 10.4. The van der Waals surface area contributed by atoms with Gasteiger partial charge in [0.05, 0.1) is 0 Å². The van der Waals surface area contributed by atoms with Crippen LogP contribution in [0.2, 0.25) is 0 Å². The zero-order valence-electron chi connectivity index (χ0n) is 8.41. The summed E-state index contributed by atoms with van der Waals surface area (Å²) in [5.74, 6) is 0.551. The van der Waals surface area contributed by atoms with Crippen LogP contribution in [0.1, 0.15) is 11.7 Å². The molecule has 2 rings (SSSR count). The average Bonchev–Trinajstić information content (AvgIpc) is 2.66. The summed E-state index contributed by atoms with van der Waals surface area (Å²) in [6, 6.07) is 4.45. The second-order valence-corrected chi connectivity index (χ2v) is 4.01. The Labute approximate surface area is 99.5 Å². The van der Waals surface area contributed by atoms with Crippen molar-refractivity contribution >= 4 is 15.9 Å². The number of aryl methyl sites for hydroxylation is 1. The van der Waals surface area contributed by atoms with Crippen LogP contribution < -0.4 is 4.74 Å². The van der Waals surface area contributed by atoms with Gasteiger partial charge in [0.25, 0.3) is 5.89 Å². The Morgan fingerprint density at radius 1 is 1.50 bits per heavy atom. The fourth-order valence-corrected chi connectivity index (χ4v) is 1.47. The second-order valence-electron chi connectivity index (χ2n) is 3.10. The molecule has 2 aromatic rings. The average molecular weight is 287 g/mol. The van der Waals surface area contributed by atoms with E-state index in [0.29, 0.717) is 11.7 Å². The van der Waals surface area contributed by atoms with Crippen LogP contribution in [-0.4, -0.2) is 10.1 Å². The molecular formula is C10H8BrFN2O2. The van der Waals surface area contributed by atoms with Gasteiger partial charge >= 0.3 is 0 Å². The number of ether oxygens (including phenoxy) is 1. The van der Waals surface area contributed by atoms with Gasteiger partial charge in [0, 0.05) is 4.47 Å². The van der Waals surface area contributed by atoms with Crippen LogP contribution in [0.25, 0.3) is 0 Å². The van der Waals surface area contributed by atoms with Crippen molar-refractivity contribution in [2.45, 2.75) is 13.5 Å². The van der Waals surface area contributed by atoms with Gasteiger partial charge in [0.2, 0.25) is 0 Å². The van der Waals surface area contributed by atoms with Gasteiger partial charge in [0.1, 0.15) is 0 Å². The van der Waals surface area contributed by atoms with Crippen molar-refractivity contribution in [3.8, 4) is 5.75 Å². The van der Waals surface area contributed by atoms with E-state index in [9.17, 15) is 4.39 Å². The number of hydrogen-bond donors (Lipinski definition) is 0. The zero-order valence-corrected chi connectivity index (χ0v) is 9.99. The van der Waals surface area contributed by atoms with E-state index in [1.807, 2.05) is 0 Å².